The predicted molar refractivity (Wildman–Crippen MR) is 65.0 cm³/mol. The third-order valence-corrected chi connectivity index (χ3v) is 3.82. The molecule has 18 heavy (non-hydrogen) atoms. The van der Waals surface area contributed by atoms with Gasteiger partial charge in [-0.3, -0.25) is 4.79 Å². The molecule has 0 spiro atoms. The molecule has 2 N–H and O–H groups in total. The number of hydrogen-bond acceptors (Lipinski definition) is 2. The standard InChI is InChI=1S/C14H17F2NO/c15-11-3-2-10(13(16)7-11)6-12(18)8-14(9-17)4-1-5-14/h2-3,7H,1,4-6,8-9,17H2. The van der Waals surface area contributed by atoms with Crippen LogP contribution in [0.2, 0.25) is 0 Å². The Labute approximate surface area is 105 Å². The van der Waals surface area contributed by atoms with E-state index < -0.39 is 11.6 Å². The average molecular weight is 253 g/mol. The van der Waals surface area contributed by atoms with Crippen LogP contribution in [0.25, 0.3) is 0 Å². The Morgan fingerprint density at radius 3 is 2.56 bits per heavy atom. The molecule has 2 rings (SSSR count). The minimum Gasteiger partial charge on any atom is -0.330 e. The molecule has 1 aromatic rings. The van der Waals surface area contributed by atoms with Gasteiger partial charge in [0.2, 0.25) is 0 Å². The van der Waals surface area contributed by atoms with Gasteiger partial charge in [-0.2, -0.15) is 0 Å². The molecule has 1 aliphatic carbocycles. The highest BCUT2D eigenvalue weighted by Gasteiger charge is 2.37. The molecule has 2 nitrogen and oxygen atoms in total. The molecule has 0 bridgehead atoms. The average Bonchev–Trinajstić information content (AvgIpc) is 2.27. The van der Waals surface area contributed by atoms with Gasteiger partial charge in [0.15, 0.2) is 0 Å². The monoisotopic (exact) mass is 253 g/mol. The van der Waals surface area contributed by atoms with Gasteiger partial charge in [0.25, 0.3) is 0 Å². The van der Waals surface area contributed by atoms with Crippen LogP contribution in [0.1, 0.15) is 31.2 Å². The van der Waals surface area contributed by atoms with Crippen molar-refractivity contribution < 1.29 is 13.6 Å². The zero-order valence-corrected chi connectivity index (χ0v) is 10.2. The van der Waals surface area contributed by atoms with E-state index in [0.29, 0.717) is 13.0 Å². The summed E-state index contributed by atoms with van der Waals surface area (Å²) in [5.74, 6) is -1.30. The van der Waals surface area contributed by atoms with Gasteiger partial charge < -0.3 is 5.73 Å². The fourth-order valence-electron chi connectivity index (χ4n) is 2.49. The third-order valence-electron chi connectivity index (χ3n) is 3.82. The largest absolute Gasteiger partial charge is 0.330 e. The second-order valence-electron chi connectivity index (χ2n) is 5.19. The van der Waals surface area contributed by atoms with Gasteiger partial charge in [0.1, 0.15) is 17.4 Å². The van der Waals surface area contributed by atoms with E-state index in [2.05, 4.69) is 0 Å². The van der Waals surface area contributed by atoms with Crippen molar-refractivity contribution in [2.45, 2.75) is 32.1 Å². The molecular weight excluding hydrogens is 236 g/mol. The highest BCUT2D eigenvalue weighted by Crippen LogP contribution is 2.43. The van der Waals surface area contributed by atoms with E-state index >= 15 is 0 Å². The predicted octanol–water partition coefficient (Wildman–Crippen LogP) is 2.60. The molecule has 98 valence electrons. The topological polar surface area (TPSA) is 43.1 Å². The number of halogens is 2. The molecule has 0 aliphatic heterocycles. The molecule has 1 fully saturated rings. The van der Waals surface area contributed by atoms with Crippen LogP contribution in [0.3, 0.4) is 0 Å². The van der Waals surface area contributed by atoms with Gasteiger partial charge in [-0.15, -0.1) is 0 Å². The Kier molecular flexibility index (Phi) is 3.76. The lowest BCUT2D eigenvalue weighted by Crippen LogP contribution is -2.39. The Bertz CT molecular complexity index is 450. The summed E-state index contributed by atoms with van der Waals surface area (Å²) in [5.41, 5.74) is 5.88. The van der Waals surface area contributed by atoms with Gasteiger partial charge in [-0.1, -0.05) is 12.5 Å². The number of carbonyl (C=O) groups excluding carboxylic acids is 1. The Morgan fingerprint density at radius 2 is 2.06 bits per heavy atom. The number of rotatable bonds is 5. The molecule has 0 radical (unpaired) electrons. The van der Waals surface area contributed by atoms with Crippen LogP contribution < -0.4 is 5.73 Å². The zero-order chi connectivity index (χ0) is 13.2. The quantitative estimate of drug-likeness (QED) is 0.876. The zero-order valence-electron chi connectivity index (χ0n) is 10.2. The Hall–Kier alpha value is -1.29. The molecular formula is C14H17F2NO. The van der Waals surface area contributed by atoms with Crippen molar-refractivity contribution in [2.75, 3.05) is 6.54 Å². The van der Waals surface area contributed by atoms with Crippen molar-refractivity contribution >= 4 is 5.78 Å². The van der Waals surface area contributed by atoms with E-state index in [1.165, 1.54) is 12.1 Å². The lowest BCUT2D eigenvalue weighted by molar-refractivity contribution is -0.122. The summed E-state index contributed by atoms with van der Waals surface area (Å²) in [4.78, 5) is 11.9. The van der Waals surface area contributed by atoms with Crippen LogP contribution >= 0.6 is 0 Å². The van der Waals surface area contributed by atoms with E-state index in [1.807, 2.05) is 0 Å². The number of hydrogen-bond donors (Lipinski definition) is 1. The minimum absolute atomic E-state index is 0.0217. The fourth-order valence-corrected chi connectivity index (χ4v) is 2.49. The van der Waals surface area contributed by atoms with Crippen molar-refractivity contribution in [2.24, 2.45) is 11.1 Å². The number of ketones is 1. The van der Waals surface area contributed by atoms with Crippen molar-refractivity contribution in [1.29, 1.82) is 0 Å². The smallest absolute Gasteiger partial charge is 0.137 e. The molecule has 0 amide bonds. The third kappa shape index (κ3) is 2.75. The van der Waals surface area contributed by atoms with Crippen molar-refractivity contribution in [1.82, 2.24) is 0 Å². The maximum absolute atomic E-state index is 13.4. The van der Waals surface area contributed by atoms with Crippen molar-refractivity contribution in [3.63, 3.8) is 0 Å². The lowest BCUT2D eigenvalue weighted by Gasteiger charge is -2.40. The summed E-state index contributed by atoms with van der Waals surface area (Å²) < 4.78 is 26.1. The summed E-state index contributed by atoms with van der Waals surface area (Å²) in [7, 11) is 0. The summed E-state index contributed by atoms with van der Waals surface area (Å²) in [6.07, 6.45) is 3.48. The summed E-state index contributed by atoms with van der Waals surface area (Å²) >= 11 is 0. The van der Waals surface area contributed by atoms with Gasteiger partial charge >= 0.3 is 0 Å². The van der Waals surface area contributed by atoms with Crippen LogP contribution in [-0.4, -0.2) is 12.3 Å². The number of nitrogens with two attached hydrogens (primary N) is 1. The molecule has 0 aromatic heterocycles. The van der Waals surface area contributed by atoms with E-state index in [9.17, 15) is 13.6 Å². The Balaban J connectivity index is 1.98. The first-order valence-electron chi connectivity index (χ1n) is 6.20. The van der Waals surface area contributed by atoms with Crippen LogP contribution in [0.15, 0.2) is 18.2 Å². The SMILES string of the molecule is NCC1(CC(=O)Cc2ccc(F)cc2F)CCC1. The van der Waals surface area contributed by atoms with Crippen LogP contribution in [0.4, 0.5) is 8.78 Å². The van der Waals surface area contributed by atoms with Gasteiger partial charge in [0.05, 0.1) is 0 Å². The number of carbonyl (C=O) groups is 1. The van der Waals surface area contributed by atoms with Gasteiger partial charge in [-0.25, -0.2) is 8.78 Å². The molecule has 1 saturated carbocycles. The number of benzene rings is 1. The summed E-state index contributed by atoms with van der Waals surface area (Å²) in [6.45, 7) is 0.505. The molecule has 1 aromatic carbocycles. The van der Waals surface area contributed by atoms with Gasteiger partial charge in [0, 0.05) is 18.9 Å². The van der Waals surface area contributed by atoms with E-state index in [1.54, 1.807) is 0 Å². The molecule has 0 saturated heterocycles. The molecule has 0 unspecified atom stereocenters. The van der Waals surface area contributed by atoms with Crippen molar-refractivity contribution in [3.05, 3.63) is 35.4 Å². The first kappa shape index (κ1) is 13.1. The first-order chi connectivity index (χ1) is 8.54. The maximum atomic E-state index is 13.4. The van der Waals surface area contributed by atoms with Crippen LogP contribution in [0, 0.1) is 17.0 Å². The normalized spacial score (nSPS) is 17.3. The van der Waals surface area contributed by atoms with E-state index in [4.69, 9.17) is 5.73 Å². The summed E-state index contributed by atoms with van der Waals surface area (Å²) in [5, 5.41) is 0. The maximum Gasteiger partial charge on any atom is 0.137 e. The second-order valence-corrected chi connectivity index (χ2v) is 5.19. The van der Waals surface area contributed by atoms with Crippen LogP contribution in [-0.2, 0) is 11.2 Å². The number of Topliss-reactive ketones (excluding diaryl/α,β-unsaturated/α-hetero) is 1. The molecule has 0 atom stereocenters. The minimum atomic E-state index is -0.654. The van der Waals surface area contributed by atoms with E-state index in [-0.39, 0.29) is 23.2 Å². The van der Waals surface area contributed by atoms with Crippen molar-refractivity contribution in [3.8, 4) is 0 Å². The second kappa shape index (κ2) is 5.14. The first-order valence-corrected chi connectivity index (χ1v) is 6.20. The molecule has 0 heterocycles. The van der Waals surface area contributed by atoms with Crippen LogP contribution in [0.5, 0.6) is 0 Å². The molecule has 1 aliphatic rings. The highest BCUT2D eigenvalue weighted by atomic mass is 19.1. The van der Waals surface area contributed by atoms with E-state index in [0.717, 1.165) is 25.3 Å². The van der Waals surface area contributed by atoms with Gasteiger partial charge in [-0.05, 0) is 36.4 Å². The molecule has 4 heteroatoms. The highest BCUT2D eigenvalue weighted by molar-refractivity contribution is 5.81. The Morgan fingerprint density at radius 1 is 1.33 bits per heavy atom. The summed E-state index contributed by atoms with van der Waals surface area (Å²) in [6, 6.07) is 3.32. The lowest BCUT2D eigenvalue weighted by atomic mass is 9.65. The fraction of sp³-hybridized carbons (Fsp3) is 0.500.